The Morgan fingerprint density at radius 1 is 0.900 bits per heavy atom. The Labute approximate surface area is 177 Å². The average molecular weight is 399 g/mol. The molecular formula is C25H26N4O. The number of benzene rings is 2. The van der Waals surface area contributed by atoms with E-state index in [0.717, 1.165) is 55.2 Å². The molecule has 0 radical (unpaired) electrons. The smallest absolute Gasteiger partial charge is 0.226 e. The van der Waals surface area contributed by atoms with Crippen molar-refractivity contribution in [3.05, 3.63) is 77.8 Å². The van der Waals surface area contributed by atoms with Crippen molar-refractivity contribution in [2.45, 2.75) is 20.4 Å². The van der Waals surface area contributed by atoms with Gasteiger partial charge in [0.1, 0.15) is 6.26 Å². The highest BCUT2D eigenvalue weighted by atomic mass is 16.3. The molecule has 5 nitrogen and oxygen atoms in total. The van der Waals surface area contributed by atoms with Crippen molar-refractivity contribution in [3.63, 3.8) is 0 Å². The first-order chi connectivity index (χ1) is 14.7. The van der Waals surface area contributed by atoms with Crippen LogP contribution in [0.15, 0.2) is 65.3 Å². The third kappa shape index (κ3) is 3.81. The first-order valence-electron chi connectivity index (χ1n) is 10.5. The summed E-state index contributed by atoms with van der Waals surface area (Å²) in [4.78, 5) is 14.3. The van der Waals surface area contributed by atoms with E-state index >= 15 is 0 Å². The second kappa shape index (κ2) is 7.92. The molecule has 0 atom stereocenters. The molecule has 152 valence electrons. The third-order valence-electron chi connectivity index (χ3n) is 5.74. The number of piperazine rings is 1. The number of pyridine rings is 1. The minimum absolute atomic E-state index is 0.700. The van der Waals surface area contributed by atoms with Gasteiger partial charge in [0.15, 0.2) is 0 Å². The van der Waals surface area contributed by atoms with Crippen LogP contribution in [0.5, 0.6) is 0 Å². The Balaban J connectivity index is 1.26. The molecule has 0 bridgehead atoms. The molecule has 1 saturated heterocycles. The number of hydrogen-bond donors (Lipinski definition) is 0. The van der Waals surface area contributed by atoms with Crippen molar-refractivity contribution < 1.29 is 4.42 Å². The standard InChI is InChI=1S/C25H26N4O/c1-18-6-5-7-20(14-18)25-27-21(17-30-25)16-28-10-12-29(13-11-28)24-15-19(2)26-23-9-4-3-8-22(23)24/h3-9,14-15,17H,10-13,16H2,1-2H3. The van der Waals surface area contributed by atoms with Gasteiger partial charge >= 0.3 is 0 Å². The van der Waals surface area contributed by atoms with Crippen LogP contribution in [0.4, 0.5) is 5.69 Å². The van der Waals surface area contributed by atoms with Crippen LogP contribution in [0.25, 0.3) is 22.4 Å². The number of anilines is 1. The minimum Gasteiger partial charge on any atom is -0.444 e. The minimum atomic E-state index is 0.700. The molecule has 2 aromatic carbocycles. The second-order valence-electron chi connectivity index (χ2n) is 8.08. The van der Waals surface area contributed by atoms with Gasteiger partial charge in [0.05, 0.1) is 11.2 Å². The van der Waals surface area contributed by atoms with E-state index in [1.165, 1.54) is 16.6 Å². The zero-order valence-corrected chi connectivity index (χ0v) is 17.5. The highest BCUT2D eigenvalue weighted by Gasteiger charge is 2.20. The molecule has 1 aliphatic rings. The SMILES string of the molecule is Cc1cccc(-c2nc(CN3CCN(c4cc(C)nc5ccccc45)CC3)co2)c1. The van der Waals surface area contributed by atoms with Crippen LogP contribution < -0.4 is 4.90 Å². The van der Waals surface area contributed by atoms with Gasteiger partial charge in [0.2, 0.25) is 5.89 Å². The number of para-hydroxylation sites is 1. The van der Waals surface area contributed by atoms with E-state index in [4.69, 9.17) is 9.40 Å². The summed E-state index contributed by atoms with van der Waals surface area (Å²) >= 11 is 0. The largest absolute Gasteiger partial charge is 0.444 e. The van der Waals surface area contributed by atoms with Gasteiger partial charge in [-0.1, -0.05) is 35.9 Å². The summed E-state index contributed by atoms with van der Waals surface area (Å²) in [6.45, 7) is 8.97. The Kier molecular flexibility index (Phi) is 4.97. The van der Waals surface area contributed by atoms with Crippen LogP contribution in [0, 0.1) is 13.8 Å². The number of hydrogen-bond acceptors (Lipinski definition) is 5. The van der Waals surface area contributed by atoms with Crippen molar-refractivity contribution in [2.75, 3.05) is 31.1 Å². The van der Waals surface area contributed by atoms with Crippen LogP contribution in [-0.2, 0) is 6.54 Å². The van der Waals surface area contributed by atoms with E-state index in [0.29, 0.717) is 5.89 Å². The molecule has 3 heterocycles. The van der Waals surface area contributed by atoms with Crippen LogP contribution in [0.2, 0.25) is 0 Å². The van der Waals surface area contributed by atoms with Gasteiger partial charge in [-0.2, -0.15) is 0 Å². The number of oxazole rings is 1. The van der Waals surface area contributed by atoms with E-state index in [-0.39, 0.29) is 0 Å². The number of nitrogens with zero attached hydrogens (tertiary/aromatic N) is 4. The van der Waals surface area contributed by atoms with Gasteiger partial charge in [0.25, 0.3) is 0 Å². The fourth-order valence-electron chi connectivity index (χ4n) is 4.21. The van der Waals surface area contributed by atoms with Crippen LogP contribution in [-0.4, -0.2) is 41.0 Å². The maximum absolute atomic E-state index is 5.74. The number of aromatic nitrogens is 2. The maximum atomic E-state index is 5.74. The lowest BCUT2D eigenvalue weighted by Crippen LogP contribution is -2.46. The van der Waals surface area contributed by atoms with Crippen molar-refractivity contribution >= 4 is 16.6 Å². The quantitative estimate of drug-likeness (QED) is 0.493. The number of fused-ring (bicyclic) bond motifs is 1. The van der Waals surface area contributed by atoms with E-state index in [2.05, 4.69) is 71.1 Å². The summed E-state index contributed by atoms with van der Waals surface area (Å²) in [6.07, 6.45) is 1.80. The van der Waals surface area contributed by atoms with E-state index in [1.807, 2.05) is 12.1 Å². The zero-order chi connectivity index (χ0) is 20.5. The van der Waals surface area contributed by atoms with Crippen LogP contribution in [0.3, 0.4) is 0 Å². The monoisotopic (exact) mass is 398 g/mol. The molecule has 1 fully saturated rings. The molecule has 0 aliphatic carbocycles. The van der Waals surface area contributed by atoms with Gasteiger partial charge in [-0.05, 0) is 38.1 Å². The molecule has 0 spiro atoms. The topological polar surface area (TPSA) is 45.4 Å². The Morgan fingerprint density at radius 2 is 1.73 bits per heavy atom. The summed E-state index contributed by atoms with van der Waals surface area (Å²) in [7, 11) is 0. The summed E-state index contributed by atoms with van der Waals surface area (Å²) in [5.41, 5.74) is 6.66. The molecule has 5 heteroatoms. The lowest BCUT2D eigenvalue weighted by Gasteiger charge is -2.36. The van der Waals surface area contributed by atoms with Crippen molar-refractivity contribution in [3.8, 4) is 11.5 Å². The molecule has 4 aromatic rings. The normalized spacial score (nSPS) is 15.1. The molecule has 0 amide bonds. The fraction of sp³-hybridized carbons (Fsp3) is 0.280. The highest BCUT2D eigenvalue weighted by molar-refractivity contribution is 5.92. The van der Waals surface area contributed by atoms with Gasteiger partial charge in [-0.25, -0.2) is 4.98 Å². The lowest BCUT2D eigenvalue weighted by molar-refractivity contribution is 0.247. The van der Waals surface area contributed by atoms with Crippen LogP contribution in [0.1, 0.15) is 17.0 Å². The Bertz CT molecular complexity index is 1170. The molecule has 0 N–H and O–H groups in total. The van der Waals surface area contributed by atoms with Crippen molar-refractivity contribution in [2.24, 2.45) is 0 Å². The zero-order valence-electron chi connectivity index (χ0n) is 17.5. The molecule has 5 rings (SSSR count). The summed E-state index contributed by atoms with van der Waals surface area (Å²) in [6, 6.07) is 18.9. The first kappa shape index (κ1) is 18.8. The van der Waals surface area contributed by atoms with Crippen molar-refractivity contribution in [1.82, 2.24) is 14.9 Å². The van der Waals surface area contributed by atoms with E-state index in [1.54, 1.807) is 6.26 Å². The van der Waals surface area contributed by atoms with Gasteiger partial charge in [-0.15, -0.1) is 0 Å². The lowest BCUT2D eigenvalue weighted by atomic mass is 10.1. The van der Waals surface area contributed by atoms with Gasteiger partial charge in [0, 0.05) is 55.1 Å². The molecule has 0 saturated carbocycles. The Morgan fingerprint density at radius 3 is 2.57 bits per heavy atom. The molecule has 1 aliphatic heterocycles. The van der Waals surface area contributed by atoms with Crippen LogP contribution >= 0.6 is 0 Å². The number of rotatable bonds is 4. The first-order valence-corrected chi connectivity index (χ1v) is 10.5. The predicted octanol–water partition coefficient (Wildman–Crippen LogP) is 4.83. The fourth-order valence-corrected chi connectivity index (χ4v) is 4.21. The third-order valence-corrected chi connectivity index (χ3v) is 5.74. The van der Waals surface area contributed by atoms with Crippen molar-refractivity contribution in [1.29, 1.82) is 0 Å². The molecular weight excluding hydrogens is 372 g/mol. The van der Waals surface area contributed by atoms with E-state index in [9.17, 15) is 0 Å². The van der Waals surface area contributed by atoms with Gasteiger partial charge in [-0.3, -0.25) is 9.88 Å². The summed E-state index contributed by atoms with van der Waals surface area (Å²) < 4.78 is 5.74. The highest BCUT2D eigenvalue weighted by Crippen LogP contribution is 2.28. The van der Waals surface area contributed by atoms with Gasteiger partial charge < -0.3 is 9.32 Å². The summed E-state index contributed by atoms with van der Waals surface area (Å²) in [5.74, 6) is 0.700. The predicted molar refractivity (Wildman–Crippen MR) is 121 cm³/mol. The summed E-state index contributed by atoms with van der Waals surface area (Å²) in [5, 5.41) is 1.23. The average Bonchev–Trinajstić information content (AvgIpc) is 3.22. The molecule has 0 unspecified atom stereocenters. The number of aryl methyl sites for hydroxylation is 2. The molecule has 2 aromatic heterocycles. The maximum Gasteiger partial charge on any atom is 0.226 e. The van der Waals surface area contributed by atoms with E-state index < -0.39 is 0 Å². The Hall–Kier alpha value is -3.18. The second-order valence-corrected chi connectivity index (χ2v) is 8.08. The molecule has 30 heavy (non-hydrogen) atoms.